The molecule has 10 heteroatoms. The van der Waals surface area contributed by atoms with E-state index in [1.54, 1.807) is 31.2 Å². The third-order valence-electron chi connectivity index (χ3n) is 4.82. The van der Waals surface area contributed by atoms with Crippen molar-refractivity contribution in [2.75, 3.05) is 4.90 Å². The fraction of sp³-hybridized carbons (Fsp3) is 0.0909. The second-order valence-electron chi connectivity index (χ2n) is 6.90. The summed E-state index contributed by atoms with van der Waals surface area (Å²) in [5, 5.41) is 30.6. The van der Waals surface area contributed by atoms with Gasteiger partial charge in [-0.05, 0) is 24.1 Å². The average Bonchev–Trinajstić information content (AvgIpc) is 3.33. The summed E-state index contributed by atoms with van der Waals surface area (Å²) in [5.41, 5.74) is 0.659. The monoisotopic (exact) mass is 448 g/mol. The molecule has 3 aromatic rings. The number of benzene rings is 2. The Labute approximate surface area is 186 Å². The Balaban J connectivity index is 1.81. The molecule has 1 atom stereocenters. The Kier molecular flexibility index (Phi) is 5.61. The van der Waals surface area contributed by atoms with Gasteiger partial charge in [0, 0.05) is 12.1 Å². The van der Waals surface area contributed by atoms with Crippen LogP contribution in [0.4, 0.5) is 10.8 Å². The maximum atomic E-state index is 13.1. The van der Waals surface area contributed by atoms with Crippen molar-refractivity contribution in [3.05, 3.63) is 98.3 Å². The van der Waals surface area contributed by atoms with Crippen LogP contribution in [-0.4, -0.2) is 31.9 Å². The SMILES string of the molecule is Cc1nnc(N2C(=O)C(O)=C(C(=O)/C=C/c3ccccc3)C2c2cccc([N+](=O)[O-])c2)s1. The van der Waals surface area contributed by atoms with E-state index in [1.807, 2.05) is 18.2 Å². The van der Waals surface area contributed by atoms with Crippen molar-refractivity contribution in [2.24, 2.45) is 0 Å². The molecule has 0 radical (unpaired) electrons. The van der Waals surface area contributed by atoms with Crippen LogP contribution >= 0.6 is 11.3 Å². The van der Waals surface area contributed by atoms with Crippen LogP contribution < -0.4 is 4.90 Å². The van der Waals surface area contributed by atoms with Gasteiger partial charge in [0.05, 0.1) is 16.5 Å². The Morgan fingerprint density at radius 2 is 1.94 bits per heavy atom. The standard InChI is InChI=1S/C22H16N4O5S/c1-13-23-24-22(32-13)25-19(15-8-5-9-16(12-15)26(30)31)18(20(28)21(25)29)17(27)11-10-14-6-3-2-4-7-14/h2-12,19,28H,1H3/b11-10+. The lowest BCUT2D eigenvalue weighted by Gasteiger charge is -2.23. The Morgan fingerprint density at radius 1 is 1.19 bits per heavy atom. The van der Waals surface area contributed by atoms with E-state index in [0.29, 0.717) is 10.6 Å². The highest BCUT2D eigenvalue weighted by atomic mass is 32.1. The van der Waals surface area contributed by atoms with Crippen LogP contribution in [0.3, 0.4) is 0 Å². The molecule has 2 aromatic carbocycles. The number of carbonyl (C=O) groups is 2. The third-order valence-corrected chi connectivity index (χ3v) is 5.66. The number of nitro benzene ring substituents is 1. The summed E-state index contributed by atoms with van der Waals surface area (Å²) in [6.45, 7) is 1.70. The van der Waals surface area contributed by atoms with Crippen LogP contribution in [0.25, 0.3) is 6.08 Å². The topological polar surface area (TPSA) is 127 Å². The lowest BCUT2D eigenvalue weighted by Crippen LogP contribution is -2.30. The van der Waals surface area contributed by atoms with Crippen LogP contribution in [-0.2, 0) is 9.59 Å². The summed E-state index contributed by atoms with van der Waals surface area (Å²) in [7, 11) is 0. The summed E-state index contributed by atoms with van der Waals surface area (Å²) < 4.78 is 0. The third kappa shape index (κ3) is 3.91. The maximum absolute atomic E-state index is 13.1. The van der Waals surface area contributed by atoms with Gasteiger partial charge in [-0.25, -0.2) is 0 Å². The minimum atomic E-state index is -1.09. The summed E-state index contributed by atoms with van der Waals surface area (Å²) in [6.07, 6.45) is 2.82. The Bertz CT molecular complexity index is 1280. The number of anilines is 1. The zero-order chi connectivity index (χ0) is 22.8. The summed E-state index contributed by atoms with van der Waals surface area (Å²) in [5.74, 6) is -2.15. The summed E-state index contributed by atoms with van der Waals surface area (Å²) in [4.78, 5) is 37.9. The van der Waals surface area contributed by atoms with Gasteiger partial charge >= 0.3 is 0 Å². The van der Waals surface area contributed by atoms with Crippen molar-refractivity contribution in [3.8, 4) is 0 Å². The van der Waals surface area contributed by atoms with Gasteiger partial charge in [-0.1, -0.05) is 59.9 Å². The molecule has 4 rings (SSSR count). The van der Waals surface area contributed by atoms with Crippen molar-refractivity contribution >= 4 is 39.9 Å². The first-order chi connectivity index (χ1) is 15.4. The number of allylic oxidation sites excluding steroid dienone is 1. The van der Waals surface area contributed by atoms with E-state index >= 15 is 0 Å². The minimum absolute atomic E-state index is 0.172. The number of amides is 1. The smallest absolute Gasteiger partial charge is 0.296 e. The fourth-order valence-electron chi connectivity index (χ4n) is 3.39. The molecule has 0 aliphatic carbocycles. The van der Waals surface area contributed by atoms with Gasteiger partial charge in [0.25, 0.3) is 11.6 Å². The molecule has 0 bridgehead atoms. The molecule has 0 saturated heterocycles. The number of aliphatic hydroxyl groups is 1. The van der Waals surface area contributed by atoms with Crippen molar-refractivity contribution < 1.29 is 19.6 Å². The van der Waals surface area contributed by atoms with Gasteiger partial charge in [-0.15, -0.1) is 10.2 Å². The normalized spacial score (nSPS) is 16.2. The van der Waals surface area contributed by atoms with E-state index in [2.05, 4.69) is 10.2 Å². The van der Waals surface area contributed by atoms with Crippen molar-refractivity contribution in [2.45, 2.75) is 13.0 Å². The fourth-order valence-corrected chi connectivity index (χ4v) is 4.10. The molecule has 160 valence electrons. The average molecular weight is 448 g/mol. The highest BCUT2D eigenvalue weighted by molar-refractivity contribution is 7.15. The number of carbonyl (C=O) groups excluding carboxylic acids is 2. The number of ketones is 1. The van der Waals surface area contributed by atoms with E-state index < -0.39 is 28.4 Å². The predicted octanol–water partition coefficient (Wildman–Crippen LogP) is 3.94. The molecule has 9 nitrogen and oxygen atoms in total. The number of aromatic nitrogens is 2. The molecule has 0 spiro atoms. The van der Waals surface area contributed by atoms with Crippen LogP contribution in [0.1, 0.15) is 22.2 Å². The molecular formula is C22H16N4O5S. The van der Waals surface area contributed by atoms with E-state index in [1.165, 1.54) is 24.3 Å². The number of rotatable bonds is 6. The Morgan fingerprint density at radius 3 is 2.59 bits per heavy atom. The molecule has 32 heavy (non-hydrogen) atoms. The van der Waals surface area contributed by atoms with Crippen LogP contribution in [0, 0.1) is 17.0 Å². The van der Waals surface area contributed by atoms with E-state index in [9.17, 15) is 24.8 Å². The number of nitrogens with zero attached hydrogens (tertiary/aromatic N) is 4. The maximum Gasteiger partial charge on any atom is 0.296 e. The molecule has 1 N–H and O–H groups in total. The second kappa shape index (κ2) is 8.52. The van der Waals surface area contributed by atoms with E-state index in [0.717, 1.165) is 21.8 Å². The number of nitro groups is 1. The quantitative estimate of drug-likeness (QED) is 0.344. The van der Waals surface area contributed by atoms with Gasteiger partial charge in [0.1, 0.15) is 5.01 Å². The van der Waals surface area contributed by atoms with Gasteiger partial charge in [0.15, 0.2) is 11.5 Å². The number of hydrogen-bond donors (Lipinski definition) is 1. The van der Waals surface area contributed by atoms with E-state index in [4.69, 9.17) is 0 Å². The second-order valence-corrected chi connectivity index (χ2v) is 8.06. The zero-order valence-corrected chi connectivity index (χ0v) is 17.5. The van der Waals surface area contributed by atoms with Crippen LogP contribution in [0.5, 0.6) is 0 Å². The highest BCUT2D eigenvalue weighted by Crippen LogP contribution is 2.42. The van der Waals surface area contributed by atoms with Gasteiger partial charge in [-0.3, -0.25) is 24.6 Å². The molecule has 2 heterocycles. The number of aryl methyl sites for hydroxylation is 1. The summed E-state index contributed by atoms with van der Waals surface area (Å²) in [6, 6.07) is 13.5. The number of aliphatic hydroxyl groups excluding tert-OH is 1. The molecular weight excluding hydrogens is 432 g/mol. The predicted molar refractivity (Wildman–Crippen MR) is 118 cm³/mol. The first kappa shape index (κ1) is 21.1. The first-order valence-corrected chi connectivity index (χ1v) is 10.3. The largest absolute Gasteiger partial charge is 0.503 e. The molecule has 1 aliphatic heterocycles. The minimum Gasteiger partial charge on any atom is -0.503 e. The molecule has 1 amide bonds. The van der Waals surface area contributed by atoms with Crippen molar-refractivity contribution in [1.29, 1.82) is 0 Å². The molecule has 1 unspecified atom stereocenters. The van der Waals surface area contributed by atoms with Crippen LogP contribution in [0.15, 0.2) is 72.0 Å². The van der Waals surface area contributed by atoms with Crippen molar-refractivity contribution in [3.63, 3.8) is 0 Å². The highest BCUT2D eigenvalue weighted by Gasteiger charge is 2.45. The van der Waals surface area contributed by atoms with Crippen molar-refractivity contribution in [1.82, 2.24) is 10.2 Å². The zero-order valence-electron chi connectivity index (χ0n) is 16.7. The molecule has 0 saturated carbocycles. The Hall–Kier alpha value is -4.18. The van der Waals surface area contributed by atoms with Gasteiger partial charge in [0.2, 0.25) is 5.13 Å². The first-order valence-electron chi connectivity index (χ1n) is 9.45. The summed E-state index contributed by atoms with van der Waals surface area (Å²) >= 11 is 1.11. The van der Waals surface area contributed by atoms with Gasteiger partial charge in [-0.2, -0.15) is 0 Å². The molecule has 0 fully saturated rings. The van der Waals surface area contributed by atoms with E-state index in [-0.39, 0.29) is 16.4 Å². The van der Waals surface area contributed by atoms with Gasteiger partial charge < -0.3 is 5.11 Å². The molecule has 1 aliphatic rings. The number of non-ortho nitro benzene ring substituents is 1. The number of hydrogen-bond acceptors (Lipinski definition) is 8. The lowest BCUT2D eigenvalue weighted by atomic mass is 9.95. The molecule has 1 aromatic heterocycles. The van der Waals surface area contributed by atoms with Crippen LogP contribution in [0.2, 0.25) is 0 Å². The lowest BCUT2D eigenvalue weighted by molar-refractivity contribution is -0.384.